The monoisotopic (exact) mass is 460 g/mol. The lowest BCUT2D eigenvalue weighted by Crippen LogP contribution is -2.52. The van der Waals surface area contributed by atoms with Gasteiger partial charge in [-0.3, -0.25) is 4.79 Å². The summed E-state index contributed by atoms with van der Waals surface area (Å²) in [6, 6.07) is 0. The van der Waals surface area contributed by atoms with Crippen LogP contribution in [0.5, 0.6) is 0 Å². The van der Waals surface area contributed by atoms with Gasteiger partial charge in [0.1, 0.15) is 5.78 Å². The molecule has 182 valence electrons. The first-order valence-electron chi connectivity index (χ1n) is 13.1. The molecule has 0 radical (unpaired) electrons. The molecule has 0 spiro atoms. The van der Waals surface area contributed by atoms with E-state index in [1.807, 2.05) is 7.11 Å². The number of Topliss-reactive ketones (excluding diaryl/α,β-unsaturated/α-hetero) is 1. The van der Waals surface area contributed by atoms with Crippen molar-refractivity contribution < 1.29 is 14.0 Å². The van der Waals surface area contributed by atoms with Crippen LogP contribution in [-0.2, 0) is 14.0 Å². The Balaban J connectivity index is 1.56. The molecule has 0 bridgehead atoms. The average molecular weight is 461 g/mol. The Morgan fingerprint density at radius 2 is 1.81 bits per heavy atom. The van der Waals surface area contributed by atoms with Gasteiger partial charge in [0.15, 0.2) is 8.32 Å². The zero-order valence-corrected chi connectivity index (χ0v) is 23.2. The standard InChI is InChI=1S/C28H48O3Si/c1-18(29)25-24(30-7)17-23-21-11-10-19-16-20(31-32(8,9)26(2,3)4)12-14-27(19,5)22(21)13-15-28(23,25)6/h10,20-25H,11-17H2,1-9H3/t20-,21-,22+,23+,24-,25+,27-,28-/m0/s1. The van der Waals surface area contributed by atoms with E-state index in [2.05, 4.69) is 53.8 Å². The molecule has 4 heteroatoms. The maximum absolute atomic E-state index is 12.6. The second kappa shape index (κ2) is 8.05. The van der Waals surface area contributed by atoms with Crippen LogP contribution in [0, 0.1) is 34.5 Å². The van der Waals surface area contributed by atoms with Crippen LogP contribution in [0.3, 0.4) is 0 Å². The van der Waals surface area contributed by atoms with Crippen molar-refractivity contribution >= 4 is 14.1 Å². The third-order valence-corrected chi connectivity index (χ3v) is 15.6. The molecule has 0 aliphatic heterocycles. The van der Waals surface area contributed by atoms with Crippen molar-refractivity contribution in [3.05, 3.63) is 11.6 Å². The second-order valence-corrected chi connectivity index (χ2v) is 18.4. The van der Waals surface area contributed by atoms with Gasteiger partial charge < -0.3 is 9.16 Å². The van der Waals surface area contributed by atoms with Gasteiger partial charge in [-0.2, -0.15) is 0 Å². The van der Waals surface area contributed by atoms with Crippen LogP contribution in [0.2, 0.25) is 18.1 Å². The highest BCUT2D eigenvalue weighted by Gasteiger charge is 2.62. The molecule has 3 fully saturated rings. The van der Waals surface area contributed by atoms with Gasteiger partial charge in [-0.25, -0.2) is 0 Å². The summed E-state index contributed by atoms with van der Waals surface area (Å²) in [5, 5.41) is 0.265. The van der Waals surface area contributed by atoms with Gasteiger partial charge in [0.25, 0.3) is 0 Å². The topological polar surface area (TPSA) is 35.5 Å². The van der Waals surface area contributed by atoms with E-state index in [1.165, 1.54) is 32.1 Å². The lowest BCUT2D eigenvalue weighted by atomic mass is 9.47. The SMILES string of the molecule is CO[C@H]1C[C@@H]2[C@H]3CC=C4C[C@@H](O[Si](C)(C)C(C)(C)C)CC[C@]4(C)[C@@H]3CC[C@]2(C)[C@@H]1C(C)=O. The first-order chi connectivity index (χ1) is 14.7. The minimum absolute atomic E-state index is 0.0744. The number of ketones is 1. The van der Waals surface area contributed by atoms with Crippen molar-refractivity contribution in [3.63, 3.8) is 0 Å². The van der Waals surface area contributed by atoms with Crippen LogP contribution in [0.4, 0.5) is 0 Å². The average Bonchev–Trinajstić information content (AvgIpc) is 2.99. The molecular weight excluding hydrogens is 412 g/mol. The number of methoxy groups -OCH3 is 1. The molecule has 4 aliphatic carbocycles. The number of hydrogen-bond donors (Lipinski definition) is 0. The fourth-order valence-corrected chi connectivity index (χ4v) is 9.66. The third-order valence-electron chi connectivity index (χ3n) is 11.1. The van der Waals surface area contributed by atoms with Gasteiger partial charge in [-0.15, -0.1) is 0 Å². The Labute approximate surface area is 198 Å². The highest BCUT2D eigenvalue weighted by atomic mass is 28.4. The van der Waals surface area contributed by atoms with E-state index in [4.69, 9.17) is 9.16 Å². The first-order valence-corrected chi connectivity index (χ1v) is 16.1. The molecule has 0 aromatic heterocycles. The summed E-state index contributed by atoms with van der Waals surface area (Å²) in [7, 11) is 0.0694. The number of ether oxygens (including phenoxy) is 1. The number of hydrogen-bond acceptors (Lipinski definition) is 3. The van der Waals surface area contributed by atoms with Crippen molar-refractivity contribution in [2.45, 2.75) is 117 Å². The van der Waals surface area contributed by atoms with Crippen molar-refractivity contribution in [1.29, 1.82) is 0 Å². The number of carbonyl (C=O) groups is 1. The lowest BCUT2D eigenvalue weighted by molar-refractivity contribution is -0.131. The maximum atomic E-state index is 12.6. The molecule has 4 aliphatic rings. The molecule has 8 atom stereocenters. The smallest absolute Gasteiger partial charge is 0.192 e. The summed E-state index contributed by atoms with van der Waals surface area (Å²) in [4.78, 5) is 12.6. The van der Waals surface area contributed by atoms with Gasteiger partial charge in [0, 0.05) is 19.1 Å². The summed E-state index contributed by atoms with van der Waals surface area (Å²) >= 11 is 0. The predicted octanol–water partition coefficient (Wildman–Crippen LogP) is 7.17. The van der Waals surface area contributed by atoms with Gasteiger partial charge in [-0.05, 0) is 98.6 Å². The number of rotatable bonds is 4. The number of carbonyl (C=O) groups excluding carboxylic acids is 1. The normalized spacial score (nSPS) is 44.3. The molecule has 0 heterocycles. The Morgan fingerprint density at radius 1 is 1.12 bits per heavy atom. The van der Waals surface area contributed by atoms with Gasteiger partial charge in [0.05, 0.1) is 6.10 Å². The lowest BCUT2D eigenvalue weighted by Gasteiger charge is -2.58. The highest BCUT2D eigenvalue weighted by Crippen LogP contribution is 2.66. The Hall–Kier alpha value is -0.453. The van der Waals surface area contributed by atoms with Crippen LogP contribution in [0.1, 0.15) is 86.5 Å². The van der Waals surface area contributed by atoms with Crippen LogP contribution < -0.4 is 0 Å². The van der Waals surface area contributed by atoms with E-state index in [9.17, 15) is 4.79 Å². The van der Waals surface area contributed by atoms with Crippen LogP contribution in [0.15, 0.2) is 11.6 Å². The van der Waals surface area contributed by atoms with Crippen molar-refractivity contribution in [2.24, 2.45) is 34.5 Å². The number of allylic oxidation sites excluding steroid dienone is 1. The van der Waals surface area contributed by atoms with Gasteiger partial charge >= 0.3 is 0 Å². The maximum Gasteiger partial charge on any atom is 0.192 e. The molecular formula is C28H48O3Si. The fourth-order valence-electron chi connectivity index (χ4n) is 8.27. The minimum Gasteiger partial charge on any atom is -0.414 e. The quantitative estimate of drug-likeness (QED) is 0.329. The van der Waals surface area contributed by atoms with E-state index in [0.717, 1.165) is 18.8 Å². The van der Waals surface area contributed by atoms with Crippen LogP contribution >= 0.6 is 0 Å². The summed E-state index contributed by atoms with van der Waals surface area (Å²) in [5.41, 5.74) is 2.11. The second-order valence-electron chi connectivity index (χ2n) is 13.6. The molecule has 3 nitrogen and oxygen atoms in total. The van der Waals surface area contributed by atoms with Crippen LogP contribution in [-0.4, -0.2) is 33.4 Å². The van der Waals surface area contributed by atoms with E-state index in [-0.39, 0.29) is 22.5 Å². The molecule has 0 N–H and O–H groups in total. The molecule has 32 heavy (non-hydrogen) atoms. The molecule has 0 aromatic rings. The molecule has 0 amide bonds. The molecule has 4 rings (SSSR count). The van der Waals surface area contributed by atoms with Crippen molar-refractivity contribution in [3.8, 4) is 0 Å². The Morgan fingerprint density at radius 3 is 2.41 bits per heavy atom. The predicted molar refractivity (Wildman–Crippen MR) is 134 cm³/mol. The summed E-state index contributed by atoms with van der Waals surface area (Å²) in [5.74, 6) is 2.46. The summed E-state index contributed by atoms with van der Waals surface area (Å²) in [6.07, 6.45) is 11.4. The van der Waals surface area contributed by atoms with Crippen molar-refractivity contribution in [2.75, 3.05) is 7.11 Å². The Bertz CT molecular complexity index is 780. The van der Waals surface area contributed by atoms with E-state index in [1.54, 1.807) is 12.5 Å². The van der Waals surface area contributed by atoms with Gasteiger partial charge in [0.2, 0.25) is 0 Å². The van der Waals surface area contributed by atoms with Crippen LogP contribution in [0.25, 0.3) is 0 Å². The first kappa shape index (κ1) is 24.7. The zero-order valence-electron chi connectivity index (χ0n) is 22.2. The highest BCUT2D eigenvalue weighted by molar-refractivity contribution is 6.74. The minimum atomic E-state index is -1.74. The largest absolute Gasteiger partial charge is 0.414 e. The van der Waals surface area contributed by atoms with E-state index < -0.39 is 8.32 Å². The van der Waals surface area contributed by atoms with Crippen molar-refractivity contribution in [1.82, 2.24) is 0 Å². The Kier molecular flexibility index (Phi) is 6.21. The van der Waals surface area contributed by atoms with E-state index >= 15 is 0 Å². The summed E-state index contributed by atoms with van der Waals surface area (Å²) < 4.78 is 12.8. The molecule has 3 saturated carbocycles. The molecule has 0 unspecified atom stereocenters. The third kappa shape index (κ3) is 3.71. The zero-order chi connectivity index (χ0) is 23.7. The van der Waals surface area contributed by atoms with Gasteiger partial charge in [-0.1, -0.05) is 46.3 Å². The summed E-state index contributed by atoms with van der Waals surface area (Å²) in [6.45, 7) is 18.6. The number of fused-ring (bicyclic) bond motifs is 5. The molecule has 0 aromatic carbocycles. The van der Waals surface area contributed by atoms with E-state index in [0.29, 0.717) is 29.1 Å². The molecule has 0 saturated heterocycles. The fraction of sp³-hybridized carbons (Fsp3) is 0.893.